The average molecular weight is 252 g/mol. The molecule has 1 heterocycles. The Hall–Kier alpha value is -0.860. The van der Waals surface area contributed by atoms with Gasteiger partial charge in [-0.3, -0.25) is 9.59 Å². The van der Waals surface area contributed by atoms with E-state index in [-0.39, 0.29) is 23.2 Å². The zero-order chi connectivity index (χ0) is 13.5. The summed E-state index contributed by atoms with van der Waals surface area (Å²) in [6.07, 6.45) is 2.61. The first-order chi connectivity index (χ1) is 8.29. The molecule has 1 saturated heterocycles. The van der Waals surface area contributed by atoms with Crippen molar-refractivity contribution in [2.45, 2.75) is 47.0 Å². The molecule has 2 bridgehead atoms. The maximum Gasteiger partial charge on any atom is 0.309 e. The third-order valence-electron chi connectivity index (χ3n) is 4.55. The first kappa shape index (κ1) is 13.6. The lowest BCUT2D eigenvalue weighted by atomic mass is 9.78. The zero-order valence-corrected chi connectivity index (χ0v) is 11.9. The predicted octanol–water partition coefficient (Wildman–Crippen LogP) is 2.83. The van der Waals surface area contributed by atoms with Gasteiger partial charge in [0.25, 0.3) is 0 Å². The standard InChI is InChI=1S/C15H24O3/c1-9(5-13(16)15(2,3)4)11-6-10-7-12(11)14(17)18-8-10/h9-12H,5-8H2,1-4H3. The maximum absolute atomic E-state index is 12.1. The molecule has 1 saturated carbocycles. The van der Waals surface area contributed by atoms with Gasteiger partial charge >= 0.3 is 5.97 Å². The number of carbonyl (C=O) groups excluding carboxylic acids is 2. The van der Waals surface area contributed by atoms with Gasteiger partial charge in [0.1, 0.15) is 5.78 Å². The van der Waals surface area contributed by atoms with E-state index >= 15 is 0 Å². The number of fused-ring (bicyclic) bond motifs is 2. The first-order valence-electron chi connectivity index (χ1n) is 6.99. The smallest absolute Gasteiger partial charge is 0.309 e. The molecule has 0 aromatic carbocycles. The molecule has 102 valence electrons. The lowest BCUT2D eigenvalue weighted by molar-refractivity contribution is -0.154. The van der Waals surface area contributed by atoms with Crippen LogP contribution in [-0.2, 0) is 14.3 Å². The number of ether oxygens (including phenoxy) is 1. The van der Waals surface area contributed by atoms with E-state index in [1.165, 1.54) is 0 Å². The molecule has 3 heteroatoms. The van der Waals surface area contributed by atoms with Crippen LogP contribution in [0.5, 0.6) is 0 Å². The Balaban J connectivity index is 2.00. The Kier molecular flexibility index (Phi) is 3.52. The van der Waals surface area contributed by atoms with Crippen LogP contribution in [0.4, 0.5) is 0 Å². The van der Waals surface area contributed by atoms with E-state index in [0.29, 0.717) is 30.6 Å². The molecule has 2 fully saturated rings. The van der Waals surface area contributed by atoms with Crippen LogP contribution in [0.1, 0.15) is 47.0 Å². The van der Waals surface area contributed by atoms with Crippen molar-refractivity contribution < 1.29 is 14.3 Å². The van der Waals surface area contributed by atoms with E-state index in [9.17, 15) is 9.59 Å². The van der Waals surface area contributed by atoms with E-state index in [2.05, 4.69) is 6.92 Å². The highest BCUT2D eigenvalue weighted by Gasteiger charge is 2.46. The molecule has 0 radical (unpaired) electrons. The molecule has 4 atom stereocenters. The lowest BCUT2D eigenvalue weighted by Crippen LogP contribution is -2.30. The van der Waals surface area contributed by atoms with Crippen LogP contribution in [-0.4, -0.2) is 18.4 Å². The summed E-state index contributed by atoms with van der Waals surface area (Å²) in [5.41, 5.74) is -0.275. The second-order valence-corrected chi connectivity index (χ2v) is 7.09. The minimum Gasteiger partial charge on any atom is -0.465 e. The molecule has 4 unspecified atom stereocenters. The molecule has 18 heavy (non-hydrogen) atoms. The minimum absolute atomic E-state index is 0.0381. The van der Waals surface area contributed by atoms with Crippen LogP contribution < -0.4 is 0 Å². The molecule has 1 aliphatic heterocycles. The predicted molar refractivity (Wildman–Crippen MR) is 68.9 cm³/mol. The minimum atomic E-state index is -0.275. The highest BCUT2D eigenvalue weighted by Crippen LogP contribution is 2.45. The molecule has 0 N–H and O–H groups in total. The normalized spacial score (nSPS) is 33.1. The number of hydrogen-bond acceptors (Lipinski definition) is 3. The Morgan fingerprint density at radius 1 is 1.39 bits per heavy atom. The van der Waals surface area contributed by atoms with E-state index in [1.807, 2.05) is 20.8 Å². The van der Waals surface area contributed by atoms with Gasteiger partial charge in [0.2, 0.25) is 0 Å². The summed E-state index contributed by atoms with van der Waals surface area (Å²) in [4.78, 5) is 23.8. The van der Waals surface area contributed by atoms with Crippen molar-refractivity contribution in [1.29, 1.82) is 0 Å². The maximum atomic E-state index is 12.1. The molecule has 0 spiro atoms. The highest BCUT2D eigenvalue weighted by molar-refractivity contribution is 5.84. The second kappa shape index (κ2) is 4.67. The fourth-order valence-electron chi connectivity index (χ4n) is 3.27. The van der Waals surface area contributed by atoms with Crippen LogP contribution in [0, 0.1) is 29.1 Å². The summed E-state index contributed by atoms with van der Waals surface area (Å²) in [6, 6.07) is 0. The van der Waals surface area contributed by atoms with Gasteiger partial charge in [0.05, 0.1) is 12.5 Å². The van der Waals surface area contributed by atoms with Crippen LogP contribution in [0.15, 0.2) is 0 Å². The second-order valence-electron chi connectivity index (χ2n) is 7.09. The van der Waals surface area contributed by atoms with Gasteiger partial charge in [-0.2, -0.15) is 0 Å². The van der Waals surface area contributed by atoms with Crippen LogP contribution in [0.2, 0.25) is 0 Å². The third kappa shape index (κ3) is 2.60. The van der Waals surface area contributed by atoms with Crippen LogP contribution >= 0.6 is 0 Å². The number of Topliss-reactive ketones (excluding diaryl/α,β-unsaturated/α-hetero) is 1. The third-order valence-corrected chi connectivity index (χ3v) is 4.55. The number of cyclic esters (lactones) is 1. The van der Waals surface area contributed by atoms with E-state index in [4.69, 9.17) is 4.74 Å². The molecule has 0 aromatic rings. The zero-order valence-electron chi connectivity index (χ0n) is 11.9. The van der Waals surface area contributed by atoms with Crippen molar-refractivity contribution in [3.8, 4) is 0 Å². The van der Waals surface area contributed by atoms with Gasteiger partial charge in [-0.25, -0.2) is 0 Å². The topological polar surface area (TPSA) is 43.4 Å². The van der Waals surface area contributed by atoms with Crippen molar-refractivity contribution in [3.63, 3.8) is 0 Å². The summed E-state index contributed by atoms with van der Waals surface area (Å²) in [5.74, 6) is 1.47. The number of hydrogen-bond donors (Lipinski definition) is 0. The van der Waals surface area contributed by atoms with E-state index in [0.717, 1.165) is 12.8 Å². The van der Waals surface area contributed by atoms with Gasteiger partial charge in [0.15, 0.2) is 0 Å². The monoisotopic (exact) mass is 252 g/mol. The number of esters is 1. The highest BCUT2D eigenvalue weighted by atomic mass is 16.5. The van der Waals surface area contributed by atoms with Crippen molar-refractivity contribution in [3.05, 3.63) is 0 Å². The van der Waals surface area contributed by atoms with Gasteiger partial charge in [-0.05, 0) is 30.6 Å². The Morgan fingerprint density at radius 2 is 2.06 bits per heavy atom. The van der Waals surface area contributed by atoms with Crippen LogP contribution in [0.3, 0.4) is 0 Å². The summed E-state index contributed by atoms with van der Waals surface area (Å²) in [7, 11) is 0. The van der Waals surface area contributed by atoms with Gasteiger partial charge in [-0.15, -0.1) is 0 Å². The number of ketones is 1. The van der Waals surface area contributed by atoms with E-state index < -0.39 is 0 Å². The summed E-state index contributed by atoms with van der Waals surface area (Å²) >= 11 is 0. The first-order valence-corrected chi connectivity index (χ1v) is 6.99. The lowest BCUT2D eigenvalue weighted by Gasteiger charge is -2.26. The molecule has 0 amide bonds. The fraction of sp³-hybridized carbons (Fsp3) is 0.867. The van der Waals surface area contributed by atoms with Crippen molar-refractivity contribution in [2.75, 3.05) is 6.61 Å². The summed E-state index contributed by atoms with van der Waals surface area (Å²) in [6.45, 7) is 8.59. The SMILES string of the molecule is CC(CC(=O)C(C)(C)C)C1CC2COC(=O)C1C2. The van der Waals surface area contributed by atoms with E-state index in [1.54, 1.807) is 0 Å². The Bertz CT molecular complexity index is 353. The number of rotatable bonds is 3. The molecular weight excluding hydrogens is 228 g/mol. The van der Waals surface area contributed by atoms with Gasteiger partial charge in [-0.1, -0.05) is 27.7 Å². The Labute approximate surface area is 109 Å². The largest absolute Gasteiger partial charge is 0.465 e. The van der Waals surface area contributed by atoms with Crippen molar-refractivity contribution >= 4 is 11.8 Å². The molecular formula is C15H24O3. The number of carbonyl (C=O) groups is 2. The van der Waals surface area contributed by atoms with Gasteiger partial charge < -0.3 is 4.74 Å². The Morgan fingerprint density at radius 3 is 2.67 bits per heavy atom. The molecule has 2 aliphatic rings. The molecule has 0 aromatic heterocycles. The summed E-state index contributed by atoms with van der Waals surface area (Å²) in [5, 5.41) is 0. The molecule has 1 aliphatic carbocycles. The average Bonchev–Trinajstić information content (AvgIpc) is 2.62. The van der Waals surface area contributed by atoms with Crippen molar-refractivity contribution in [2.24, 2.45) is 29.1 Å². The van der Waals surface area contributed by atoms with Gasteiger partial charge in [0, 0.05) is 11.8 Å². The summed E-state index contributed by atoms with van der Waals surface area (Å²) < 4.78 is 5.19. The quantitative estimate of drug-likeness (QED) is 0.725. The van der Waals surface area contributed by atoms with Crippen LogP contribution in [0.25, 0.3) is 0 Å². The molecule has 2 rings (SSSR count). The molecule has 3 nitrogen and oxygen atoms in total. The van der Waals surface area contributed by atoms with Crippen molar-refractivity contribution in [1.82, 2.24) is 0 Å². The fourth-order valence-corrected chi connectivity index (χ4v) is 3.27.